The molecule has 0 saturated heterocycles. The minimum Gasteiger partial charge on any atom is -0.465 e. The Kier molecular flexibility index (Phi) is 15.6. The second-order valence-electron chi connectivity index (χ2n) is 18.7. The molecule has 0 saturated carbocycles. The van der Waals surface area contributed by atoms with Crippen molar-refractivity contribution in [3.05, 3.63) is 93.0 Å². The quantitative estimate of drug-likeness (QED) is 0.0483. The van der Waals surface area contributed by atoms with Crippen molar-refractivity contribution in [1.82, 2.24) is 30.0 Å². The van der Waals surface area contributed by atoms with E-state index in [0.717, 1.165) is 25.7 Å². The number of esters is 4. The van der Waals surface area contributed by atoms with E-state index in [-0.39, 0.29) is 25.2 Å². The summed E-state index contributed by atoms with van der Waals surface area (Å²) in [6.07, 6.45) is 5.00. The second-order valence-corrected chi connectivity index (χ2v) is 19.5. The fourth-order valence-electron chi connectivity index (χ4n) is 7.45. The summed E-state index contributed by atoms with van der Waals surface area (Å²) < 4.78 is 23.0. The van der Waals surface area contributed by atoms with Gasteiger partial charge in [-0.25, -0.2) is 0 Å². The van der Waals surface area contributed by atoms with Gasteiger partial charge in [-0.05, 0) is 97.2 Å². The van der Waals surface area contributed by atoms with Gasteiger partial charge in [0.2, 0.25) is 0 Å². The van der Waals surface area contributed by atoms with Gasteiger partial charge in [0.25, 0.3) is 0 Å². The molecule has 0 aliphatic rings. The van der Waals surface area contributed by atoms with Gasteiger partial charge in [-0.15, -0.1) is 30.0 Å². The van der Waals surface area contributed by atoms with Crippen molar-refractivity contribution in [2.75, 3.05) is 13.2 Å². The Hall–Kier alpha value is -5.86. The molecule has 66 heavy (non-hydrogen) atoms. The number of fused-ring (bicyclic) bond motifs is 2. The van der Waals surface area contributed by atoms with E-state index in [1.807, 2.05) is 53.7 Å². The summed E-state index contributed by atoms with van der Waals surface area (Å²) in [5, 5.41) is 19.5. The van der Waals surface area contributed by atoms with E-state index in [2.05, 4.69) is 20.4 Å². The minimum absolute atomic E-state index is 0.276. The molecule has 0 radical (unpaired) electrons. The molecule has 0 bridgehead atoms. The molecule has 0 aliphatic heterocycles. The van der Waals surface area contributed by atoms with Gasteiger partial charge in [0.15, 0.2) is 11.5 Å². The van der Waals surface area contributed by atoms with Gasteiger partial charge < -0.3 is 18.9 Å². The Balaban J connectivity index is 1.00. The first-order chi connectivity index (χ1) is 31.1. The standard InChI is InChI=1S/C50H58Cl2N6O8/c1-29(33-23-37(49(5,6)7)45(65-31(3)59)43(25-33)57-53-39-19-17-35(51)27-41(39)55-57)47(61)63-21-15-13-11-12-14-16-22-64-48(62)30(2)34-24-38(50(8,9)10)46(66-32(4)60)44(26-34)58-54-40-20-18-36(52)28-42(40)56-58/h17-20,23-30H,11-16,21-22H2,1-10H3. The molecule has 2 unspecified atom stereocenters. The number of unbranched alkanes of at least 4 members (excludes halogenated alkanes) is 5. The third kappa shape index (κ3) is 12.1. The fraction of sp³-hybridized carbons (Fsp3) is 0.440. The third-order valence-corrected chi connectivity index (χ3v) is 11.6. The summed E-state index contributed by atoms with van der Waals surface area (Å²) in [7, 11) is 0. The summed E-state index contributed by atoms with van der Waals surface area (Å²) in [6.45, 7) is 18.8. The van der Waals surface area contributed by atoms with Crippen LogP contribution < -0.4 is 9.47 Å². The Morgan fingerprint density at radius 2 is 0.879 bits per heavy atom. The smallest absolute Gasteiger partial charge is 0.313 e. The number of carbonyl (C=O) groups excluding carboxylic acids is 4. The largest absolute Gasteiger partial charge is 0.465 e. The van der Waals surface area contributed by atoms with Crippen LogP contribution in [0.15, 0.2) is 60.7 Å². The molecule has 2 aromatic heterocycles. The molecule has 4 aromatic carbocycles. The average Bonchev–Trinajstić information content (AvgIpc) is 3.86. The molecule has 0 N–H and O–H groups in total. The number of nitrogens with zero attached hydrogens (tertiary/aromatic N) is 6. The molecule has 0 aliphatic carbocycles. The number of benzene rings is 4. The van der Waals surface area contributed by atoms with E-state index >= 15 is 0 Å². The predicted octanol–water partition coefficient (Wildman–Crippen LogP) is 11.2. The Morgan fingerprint density at radius 1 is 0.530 bits per heavy atom. The van der Waals surface area contributed by atoms with Crippen LogP contribution in [0.2, 0.25) is 10.0 Å². The molecule has 6 rings (SSSR count). The van der Waals surface area contributed by atoms with Crippen LogP contribution >= 0.6 is 23.2 Å². The monoisotopic (exact) mass is 940 g/mol. The molecule has 0 spiro atoms. The molecule has 6 aromatic rings. The summed E-state index contributed by atoms with van der Waals surface area (Å²) in [6, 6.07) is 17.7. The number of rotatable bonds is 17. The van der Waals surface area contributed by atoms with Crippen molar-refractivity contribution in [2.24, 2.45) is 0 Å². The highest BCUT2D eigenvalue weighted by atomic mass is 35.5. The van der Waals surface area contributed by atoms with Crippen molar-refractivity contribution in [3.8, 4) is 22.9 Å². The predicted molar refractivity (Wildman–Crippen MR) is 254 cm³/mol. The zero-order valence-corrected chi connectivity index (χ0v) is 40.8. The summed E-state index contributed by atoms with van der Waals surface area (Å²) in [5.74, 6) is -2.35. The molecule has 14 nitrogen and oxygen atoms in total. The lowest BCUT2D eigenvalue weighted by molar-refractivity contribution is -0.146. The van der Waals surface area contributed by atoms with Crippen LogP contribution in [-0.4, -0.2) is 67.1 Å². The van der Waals surface area contributed by atoms with E-state index < -0.39 is 34.6 Å². The Morgan fingerprint density at radius 3 is 1.23 bits per heavy atom. The maximum absolute atomic E-state index is 13.4. The van der Waals surface area contributed by atoms with Crippen molar-refractivity contribution in [1.29, 1.82) is 0 Å². The van der Waals surface area contributed by atoms with Gasteiger partial charge in [0.05, 0.1) is 25.0 Å². The van der Waals surface area contributed by atoms with Gasteiger partial charge in [-0.2, -0.15) is 0 Å². The van der Waals surface area contributed by atoms with Gasteiger partial charge in [-0.3, -0.25) is 19.2 Å². The highest BCUT2D eigenvalue weighted by Crippen LogP contribution is 2.41. The highest BCUT2D eigenvalue weighted by Gasteiger charge is 2.31. The SMILES string of the molecule is CC(=O)Oc1c(-n2nc3ccc(Cl)cc3n2)cc(C(C)C(=O)OCCCCCCCCOC(=O)C(C)c2cc(-n3nc4ccc(Cl)cc4n3)c(OC(C)=O)c(C(C)(C)C)c2)cc1C(C)(C)C. The topological polar surface area (TPSA) is 167 Å². The van der Waals surface area contributed by atoms with Crippen LogP contribution in [0, 0.1) is 0 Å². The first-order valence-corrected chi connectivity index (χ1v) is 23.0. The van der Waals surface area contributed by atoms with Gasteiger partial charge in [0, 0.05) is 35.0 Å². The summed E-state index contributed by atoms with van der Waals surface area (Å²) in [4.78, 5) is 54.2. The molecular weight excluding hydrogens is 883 g/mol. The third-order valence-electron chi connectivity index (χ3n) is 11.1. The van der Waals surface area contributed by atoms with Gasteiger partial charge >= 0.3 is 23.9 Å². The van der Waals surface area contributed by atoms with Crippen LogP contribution in [0.25, 0.3) is 33.4 Å². The maximum Gasteiger partial charge on any atom is 0.313 e. The molecule has 350 valence electrons. The van der Waals surface area contributed by atoms with E-state index in [1.54, 1.807) is 62.4 Å². The number of ether oxygens (including phenoxy) is 4. The lowest BCUT2D eigenvalue weighted by Gasteiger charge is -2.26. The normalized spacial score (nSPS) is 12.8. The Labute approximate surface area is 395 Å². The van der Waals surface area contributed by atoms with Crippen molar-refractivity contribution in [2.45, 2.75) is 130 Å². The van der Waals surface area contributed by atoms with Crippen LogP contribution in [0.3, 0.4) is 0 Å². The van der Waals surface area contributed by atoms with Gasteiger partial charge in [0.1, 0.15) is 33.4 Å². The molecule has 0 amide bonds. The first-order valence-electron chi connectivity index (χ1n) is 22.2. The first kappa shape index (κ1) is 49.6. The van der Waals surface area contributed by atoms with E-state index in [4.69, 9.17) is 42.1 Å². The Bertz CT molecular complexity index is 2580. The van der Waals surface area contributed by atoms with Crippen LogP contribution in [0.1, 0.15) is 142 Å². The van der Waals surface area contributed by atoms with Crippen LogP contribution in [0.4, 0.5) is 0 Å². The van der Waals surface area contributed by atoms with Gasteiger partial charge in [-0.1, -0.05) is 103 Å². The van der Waals surface area contributed by atoms with Crippen molar-refractivity contribution < 1.29 is 38.1 Å². The second kappa shape index (κ2) is 20.8. The van der Waals surface area contributed by atoms with Crippen molar-refractivity contribution >= 4 is 69.1 Å². The minimum atomic E-state index is -0.627. The number of halogens is 2. The van der Waals surface area contributed by atoms with Crippen LogP contribution in [-0.2, 0) is 39.5 Å². The number of hydrogen-bond acceptors (Lipinski definition) is 12. The average molecular weight is 942 g/mol. The summed E-state index contributed by atoms with van der Waals surface area (Å²) >= 11 is 12.4. The fourth-order valence-corrected chi connectivity index (χ4v) is 7.79. The molecule has 2 heterocycles. The molecular formula is C50H58Cl2N6O8. The number of carbonyl (C=O) groups is 4. The molecule has 2 atom stereocenters. The zero-order chi connectivity index (χ0) is 48.1. The number of aromatic nitrogens is 6. The highest BCUT2D eigenvalue weighted by molar-refractivity contribution is 6.31. The number of hydrogen-bond donors (Lipinski definition) is 0. The van der Waals surface area contributed by atoms with Crippen molar-refractivity contribution in [3.63, 3.8) is 0 Å². The van der Waals surface area contributed by atoms with Crippen LogP contribution in [0.5, 0.6) is 11.5 Å². The lowest BCUT2D eigenvalue weighted by Crippen LogP contribution is -2.20. The van der Waals surface area contributed by atoms with E-state index in [9.17, 15) is 19.2 Å². The maximum atomic E-state index is 13.4. The van der Waals surface area contributed by atoms with E-state index in [0.29, 0.717) is 90.1 Å². The zero-order valence-electron chi connectivity index (χ0n) is 39.3. The lowest BCUT2D eigenvalue weighted by atomic mass is 9.83. The summed E-state index contributed by atoms with van der Waals surface area (Å²) in [5.41, 5.74) is 5.03. The molecule has 0 fully saturated rings. The molecule has 16 heteroatoms. The van der Waals surface area contributed by atoms with E-state index in [1.165, 1.54) is 23.4 Å².